The number of unbranched alkanes of at least 4 members (excludes halogenated alkanes) is 1. The van der Waals surface area contributed by atoms with Crippen LogP contribution in [0.25, 0.3) is 0 Å². The largest absolute Gasteiger partial charge is 0.271 e. The Balaban J connectivity index is 3.06. The topological polar surface area (TPSA) is 38.0 Å². The number of nitrogens with two attached hydrogens (primary N) is 1. The van der Waals surface area contributed by atoms with Crippen LogP contribution in [-0.4, -0.2) is 6.54 Å². The molecule has 0 aliphatic carbocycles. The van der Waals surface area contributed by atoms with Crippen LogP contribution < -0.4 is 11.3 Å². The summed E-state index contributed by atoms with van der Waals surface area (Å²) in [5.74, 6) is 8.39. The van der Waals surface area contributed by atoms with E-state index >= 15 is 0 Å². The minimum atomic E-state index is 0.637. The van der Waals surface area contributed by atoms with Gasteiger partial charge < -0.3 is 0 Å². The number of hydrazine groups is 1. The second kappa shape index (κ2) is 6.60. The molecule has 0 saturated carbocycles. The van der Waals surface area contributed by atoms with Crippen molar-refractivity contribution in [2.24, 2.45) is 11.8 Å². The smallest absolute Gasteiger partial charge is 0.0123 e. The van der Waals surface area contributed by atoms with Crippen LogP contribution in [0.1, 0.15) is 26.2 Å². The Morgan fingerprint density at radius 2 is 2.40 bits per heavy atom. The Morgan fingerprint density at radius 1 is 1.70 bits per heavy atom. The van der Waals surface area contributed by atoms with E-state index in [1.165, 1.54) is 0 Å². The Labute approximate surface area is 63.2 Å². The minimum absolute atomic E-state index is 0.637. The number of nitrogens with one attached hydrogen (secondary N) is 1. The highest BCUT2D eigenvalue weighted by Crippen LogP contribution is 2.04. The highest BCUT2D eigenvalue weighted by molar-refractivity contribution is 4.83. The fourth-order valence-electron chi connectivity index (χ4n) is 0.856. The SMILES string of the molecule is C#CCCCC(C)CNN. The van der Waals surface area contributed by atoms with Gasteiger partial charge in [-0.1, -0.05) is 6.92 Å². The van der Waals surface area contributed by atoms with E-state index in [1.807, 2.05) is 0 Å². The van der Waals surface area contributed by atoms with Gasteiger partial charge in [0.1, 0.15) is 0 Å². The molecule has 0 spiro atoms. The van der Waals surface area contributed by atoms with Crippen molar-refractivity contribution < 1.29 is 0 Å². The molecule has 58 valence electrons. The van der Waals surface area contributed by atoms with E-state index in [-0.39, 0.29) is 0 Å². The van der Waals surface area contributed by atoms with Gasteiger partial charge in [-0.25, -0.2) is 0 Å². The van der Waals surface area contributed by atoms with E-state index in [9.17, 15) is 0 Å². The van der Waals surface area contributed by atoms with Crippen LogP contribution in [-0.2, 0) is 0 Å². The quantitative estimate of drug-likeness (QED) is 0.257. The van der Waals surface area contributed by atoms with E-state index in [0.29, 0.717) is 5.92 Å². The summed E-state index contributed by atoms with van der Waals surface area (Å²) in [6, 6.07) is 0. The molecule has 0 heterocycles. The van der Waals surface area contributed by atoms with Crippen molar-refractivity contribution in [3.63, 3.8) is 0 Å². The van der Waals surface area contributed by atoms with Crippen LogP contribution >= 0.6 is 0 Å². The van der Waals surface area contributed by atoms with Gasteiger partial charge >= 0.3 is 0 Å². The van der Waals surface area contributed by atoms with Crippen LogP contribution in [0.2, 0.25) is 0 Å². The predicted molar refractivity (Wildman–Crippen MR) is 44.0 cm³/mol. The Kier molecular flexibility index (Phi) is 6.25. The lowest BCUT2D eigenvalue weighted by atomic mass is 10.1. The van der Waals surface area contributed by atoms with E-state index in [0.717, 1.165) is 25.8 Å². The molecule has 0 bridgehead atoms. The molecule has 0 amide bonds. The van der Waals surface area contributed by atoms with Crippen LogP contribution in [0.15, 0.2) is 0 Å². The molecule has 2 nitrogen and oxygen atoms in total. The second-order valence-electron chi connectivity index (χ2n) is 2.61. The van der Waals surface area contributed by atoms with Gasteiger partial charge in [0.15, 0.2) is 0 Å². The number of hydrogen-bond donors (Lipinski definition) is 2. The summed E-state index contributed by atoms with van der Waals surface area (Å²) in [5, 5.41) is 0. The fraction of sp³-hybridized carbons (Fsp3) is 0.750. The molecule has 0 aliphatic heterocycles. The lowest BCUT2D eigenvalue weighted by molar-refractivity contribution is 0.477. The Morgan fingerprint density at radius 3 is 2.90 bits per heavy atom. The maximum Gasteiger partial charge on any atom is 0.0123 e. The Hall–Kier alpha value is -0.520. The summed E-state index contributed by atoms with van der Waals surface area (Å²) in [6.45, 7) is 3.04. The first-order chi connectivity index (χ1) is 4.81. The number of hydrogen-bond acceptors (Lipinski definition) is 2. The van der Waals surface area contributed by atoms with Gasteiger partial charge in [-0.2, -0.15) is 0 Å². The summed E-state index contributed by atoms with van der Waals surface area (Å²) in [7, 11) is 0. The molecular formula is C8H16N2. The van der Waals surface area contributed by atoms with Crippen molar-refractivity contribution in [2.45, 2.75) is 26.2 Å². The second-order valence-corrected chi connectivity index (χ2v) is 2.61. The van der Waals surface area contributed by atoms with Crippen LogP contribution in [0, 0.1) is 18.3 Å². The summed E-state index contributed by atoms with van der Waals surface area (Å²) in [4.78, 5) is 0. The van der Waals surface area contributed by atoms with Crippen molar-refractivity contribution in [1.82, 2.24) is 5.43 Å². The first-order valence-electron chi connectivity index (χ1n) is 3.68. The number of rotatable bonds is 5. The van der Waals surface area contributed by atoms with Gasteiger partial charge in [-0.05, 0) is 18.8 Å². The molecule has 1 atom stereocenters. The molecule has 0 aromatic carbocycles. The molecule has 2 heteroatoms. The van der Waals surface area contributed by atoms with Gasteiger partial charge in [0, 0.05) is 13.0 Å². The molecule has 0 fully saturated rings. The minimum Gasteiger partial charge on any atom is -0.271 e. The molecular weight excluding hydrogens is 124 g/mol. The zero-order valence-electron chi connectivity index (χ0n) is 6.56. The zero-order chi connectivity index (χ0) is 7.82. The first-order valence-corrected chi connectivity index (χ1v) is 3.68. The van der Waals surface area contributed by atoms with Crippen molar-refractivity contribution in [2.75, 3.05) is 6.54 Å². The predicted octanol–water partition coefficient (Wildman–Crippen LogP) is 0.889. The van der Waals surface area contributed by atoms with Gasteiger partial charge in [-0.15, -0.1) is 12.3 Å². The van der Waals surface area contributed by atoms with E-state index in [4.69, 9.17) is 12.3 Å². The molecule has 0 rings (SSSR count). The van der Waals surface area contributed by atoms with Gasteiger partial charge in [0.05, 0.1) is 0 Å². The average molecular weight is 140 g/mol. The van der Waals surface area contributed by atoms with E-state index < -0.39 is 0 Å². The van der Waals surface area contributed by atoms with Gasteiger partial charge in [0.2, 0.25) is 0 Å². The summed E-state index contributed by atoms with van der Waals surface area (Å²) >= 11 is 0. The lowest BCUT2D eigenvalue weighted by Gasteiger charge is -2.07. The lowest BCUT2D eigenvalue weighted by Crippen LogP contribution is -2.27. The van der Waals surface area contributed by atoms with Gasteiger partial charge in [-0.3, -0.25) is 11.3 Å². The molecule has 1 unspecified atom stereocenters. The molecule has 0 aromatic heterocycles. The summed E-state index contributed by atoms with van der Waals surface area (Å²) in [5.41, 5.74) is 2.64. The Bertz CT molecular complexity index is 104. The molecule has 0 aliphatic rings. The third-order valence-corrected chi connectivity index (χ3v) is 1.48. The van der Waals surface area contributed by atoms with Gasteiger partial charge in [0.25, 0.3) is 0 Å². The normalized spacial score (nSPS) is 12.5. The maximum atomic E-state index is 5.14. The molecule has 0 aromatic rings. The number of terminal acetylenes is 1. The molecule has 3 N–H and O–H groups in total. The van der Waals surface area contributed by atoms with Crippen molar-refractivity contribution in [3.8, 4) is 12.3 Å². The molecule has 0 radical (unpaired) electrons. The van der Waals surface area contributed by atoms with Crippen molar-refractivity contribution in [1.29, 1.82) is 0 Å². The summed E-state index contributed by atoms with van der Waals surface area (Å²) < 4.78 is 0. The van der Waals surface area contributed by atoms with Crippen LogP contribution in [0.4, 0.5) is 0 Å². The first kappa shape index (κ1) is 9.48. The highest BCUT2D eigenvalue weighted by Gasteiger charge is 1.98. The van der Waals surface area contributed by atoms with Crippen LogP contribution in [0.3, 0.4) is 0 Å². The summed E-state index contributed by atoms with van der Waals surface area (Å²) in [6.07, 6.45) is 8.25. The third-order valence-electron chi connectivity index (χ3n) is 1.48. The maximum absolute atomic E-state index is 5.14. The van der Waals surface area contributed by atoms with Crippen molar-refractivity contribution in [3.05, 3.63) is 0 Å². The van der Waals surface area contributed by atoms with E-state index in [2.05, 4.69) is 18.3 Å². The average Bonchev–Trinajstić information content (AvgIpc) is 1.89. The standard InChI is InChI=1S/C8H16N2/c1-3-4-5-6-8(2)7-10-9/h1,8,10H,4-7,9H2,2H3. The highest BCUT2D eigenvalue weighted by atomic mass is 15.2. The molecule has 0 saturated heterocycles. The zero-order valence-corrected chi connectivity index (χ0v) is 6.56. The van der Waals surface area contributed by atoms with E-state index in [1.54, 1.807) is 0 Å². The fourth-order valence-corrected chi connectivity index (χ4v) is 0.856. The monoisotopic (exact) mass is 140 g/mol. The third kappa shape index (κ3) is 5.61. The van der Waals surface area contributed by atoms with Crippen LogP contribution in [0.5, 0.6) is 0 Å². The molecule has 10 heavy (non-hydrogen) atoms. The van der Waals surface area contributed by atoms with Crippen molar-refractivity contribution >= 4 is 0 Å².